The molecule has 2 N–H and O–H groups in total. The Balaban J connectivity index is 2.39. The van der Waals surface area contributed by atoms with Crippen molar-refractivity contribution >= 4 is 11.6 Å². The zero-order chi connectivity index (χ0) is 14.7. The van der Waals surface area contributed by atoms with E-state index in [4.69, 9.17) is 0 Å². The van der Waals surface area contributed by atoms with E-state index in [9.17, 15) is 9.90 Å². The fraction of sp³-hybridized carbons (Fsp3) is 0.562. The number of carbonyl (C=O) groups excluding carboxylic acids is 1. The van der Waals surface area contributed by atoms with E-state index in [-0.39, 0.29) is 24.6 Å². The van der Waals surface area contributed by atoms with E-state index in [1.807, 2.05) is 39.0 Å². The average Bonchev–Trinajstić information content (AvgIpc) is 2.95. The zero-order valence-electron chi connectivity index (χ0n) is 12.5. The molecule has 110 valence electrons. The van der Waals surface area contributed by atoms with Crippen molar-refractivity contribution in [3.63, 3.8) is 0 Å². The van der Waals surface area contributed by atoms with Gasteiger partial charge in [0.15, 0.2) is 0 Å². The predicted molar refractivity (Wildman–Crippen MR) is 81.0 cm³/mol. The molecule has 1 fully saturated rings. The van der Waals surface area contributed by atoms with Crippen molar-refractivity contribution in [3.8, 4) is 0 Å². The summed E-state index contributed by atoms with van der Waals surface area (Å²) >= 11 is 0. The fourth-order valence-electron chi connectivity index (χ4n) is 2.88. The lowest BCUT2D eigenvalue weighted by Crippen LogP contribution is -2.49. The van der Waals surface area contributed by atoms with E-state index in [0.29, 0.717) is 0 Å². The van der Waals surface area contributed by atoms with Crippen LogP contribution in [0.5, 0.6) is 0 Å². The lowest BCUT2D eigenvalue weighted by atomic mass is 10.0. The second-order valence-corrected chi connectivity index (χ2v) is 5.63. The summed E-state index contributed by atoms with van der Waals surface area (Å²) in [5, 5.41) is 12.8. The smallest absolute Gasteiger partial charge is 0.244 e. The molecule has 1 saturated heterocycles. The maximum atomic E-state index is 12.8. The summed E-state index contributed by atoms with van der Waals surface area (Å²) in [5.74, 6) is 0.0708. The van der Waals surface area contributed by atoms with Crippen LogP contribution in [0.15, 0.2) is 18.2 Å². The van der Waals surface area contributed by atoms with E-state index in [0.717, 1.165) is 36.2 Å². The van der Waals surface area contributed by atoms with Crippen LogP contribution < -0.4 is 10.2 Å². The number of anilines is 1. The number of benzene rings is 1. The maximum Gasteiger partial charge on any atom is 0.244 e. The van der Waals surface area contributed by atoms with Gasteiger partial charge < -0.3 is 15.3 Å². The van der Waals surface area contributed by atoms with Gasteiger partial charge in [0.05, 0.1) is 18.7 Å². The van der Waals surface area contributed by atoms with Crippen LogP contribution in [0.2, 0.25) is 0 Å². The highest BCUT2D eigenvalue weighted by Crippen LogP contribution is 2.28. The number of nitrogens with zero attached hydrogens (tertiary/aromatic N) is 1. The van der Waals surface area contributed by atoms with Crippen molar-refractivity contribution in [1.29, 1.82) is 0 Å². The first-order chi connectivity index (χ1) is 9.56. The van der Waals surface area contributed by atoms with Gasteiger partial charge in [-0.25, -0.2) is 0 Å². The Labute approximate surface area is 120 Å². The number of nitrogens with one attached hydrogen (secondary N) is 1. The Morgan fingerprint density at radius 3 is 2.60 bits per heavy atom. The summed E-state index contributed by atoms with van der Waals surface area (Å²) in [7, 11) is 0. The van der Waals surface area contributed by atoms with Gasteiger partial charge in [-0.1, -0.05) is 18.2 Å². The number of carbonyl (C=O) groups is 1. The summed E-state index contributed by atoms with van der Waals surface area (Å²) in [6, 6.07) is 5.67. The third kappa shape index (κ3) is 2.86. The summed E-state index contributed by atoms with van der Waals surface area (Å²) in [6.45, 7) is 6.76. The molecule has 4 heteroatoms. The molecule has 0 aromatic heterocycles. The van der Waals surface area contributed by atoms with Crippen LogP contribution in [0.25, 0.3) is 0 Å². The van der Waals surface area contributed by atoms with Crippen LogP contribution in [-0.2, 0) is 4.79 Å². The predicted octanol–water partition coefficient (Wildman–Crippen LogP) is 1.77. The standard InChI is InChI=1S/C16H24N2O2/c1-11-6-4-7-12(2)15(11)18(13(3)10-19)16(20)14-8-5-9-17-14/h4,6-7,13-14,17,19H,5,8-10H2,1-3H3. The third-order valence-corrected chi connectivity index (χ3v) is 3.98. The number of para-hydroxylation sites is 1. The number of aryl methyl sites for hydroxylation is 2. The highest BCUT2D eigenvalue weighted by molar-refractivity contribution is 5.99. The zero-order valence-corrected chi connectivity index (χ0v) is 12.5. The summed E-state index contributed by atoms with van der Waals surface area (Å²) < 4.78 is 0. The van der Waals surface area contributed by atoms with Gasteiger partial charge in [0, 0.05) is 5.69 Å². The Kier molecular flexibility index (Phi) is 4.78. The normalized spacial score (nSPS) is 19.9. The minimum Gasteiger partial charge on any atom is -0.394 e. The van der Waals surface area contributed by atoms with Gasteiger partial charge >= 0.3 is 0 Å². The minimum atomic E-state index is -0.218. The molecule has 20 heavy (non-hydrogen) atoms. The van der Waals surface area contributed by atoms with Gasteiger partial charge in [-0.2, -0.15) is 0 Å². The van der Waals surface area contributed by atoms with E-state index in [1.54, 1.807) is 4.90 Å². The molecule has 1 aliphatic rings. The first-order valence-corrected chi connectivity index (χ1v) is 7.29. The van der Waals surface area contributed by atoms with Gasteiger partial charge in [0.1, 0.15) is 0 Å². The summed E-state index contributed by atoms with van der Waals surface area (Å²) in [4.78, 5) is 14.6. The van der Waals surface area contributed by atoms with Crippen LogP contribution in [0.3, 0.4) is 0 Å². The van der Waals surface area contributed by atoms with Crippen LogP contribution in [0.4, 0.5) is 5.69 Å². The highest BCUT2D eigenvalue weighted by Gasteiger charge is 2.31. The molecule has 1 aromatic carbocycles. The quantitative estimate of drug-likeness (QED) is 0.881. The molecular formula is C16H24N2O2. The molecule has 1 amide bonds. The third-order valence-electron chi connectivity index (χ3n) is 3.98. The van der Waals surface area contributed by atoms with Gasteiger partial charge in [0.25, 0.3) is 0 Å². The van der Waals surface area contributed by atoms with Crippen molar-refractivity contribution in [1.82, 2.24) is 5.32 Å². The van der Waals surface area contributed by atoms with Gasteiger partial charge in [0.2, 0.25) is 5.91 Å². The van der Waals surface area contributed by atoms with Crippen LogP contribution in [0.1, 0.15) is 30.9 Å². The van der Waals surface area contributed by atoms with E-state index >= 15 is 0 Å². The molecule has 0 aliphatic carbocycles. The Bertz CT molecular complexity index is 461. The Morgan fingerprint density at radius 1 is 1.45 bits per heavy atom. The number of hydrogen-bond donors (Lipinski definition) is 2. The molecule has 1 aromatic rings. The molecule has 2 rings (SSSR count). The van der Waals surface area contributed by atoms with E-state index in [2.05, 4.69) is 5.32 Å². The number of hydrogen-bond acceptors (Lipinski definition) is 3. The van der Waals surface area contributed by atoms with Crippen LogP contribution >= 0.6 is 0 Å². The molecule has 0 bridgehead atoms. The largest absolute Gasteiger partial charge is 0.394 e. The summed E-state index contributed by atoms with van der Waals surface area (Å²) in [6.07, 6.45) is 1.91. The molecule has 0 saturated carbocycles. The second-order valence-electron chi connectivity index (χ2n) is 5.63. The van der Waals surface area contributed by atoms with Gasteiger partial charge in [-0.15, -0.1) is 0 Å². The number of amides is 1. The molecule has 2 unspecified atom stereocenters. The average molecular weight is 276 g/mol. The number of aliphatic hydroxyl groups excluding tert-OH is 1. The van der Waals surface area contributed by atoms with Gasteiger partial charge in [-0.3, -0.25) is 4.79 Å². The van der Waals surface area contributed by atoms with Crippen molar-refractivity contribution in [2.75, 3.05) is 18.1 Å². The molecule has 0 spiro atoms. The molecule has 2 atom stereocenters. The molecule has 4 nitrogen and oxygen atoms in total. The Morgan fingerprint density at radius 2 is 2.10 bits per heavy atom. The van der Waals surface area contributed by atoms with E-state index < -0.39 is 0 Å². The monoisotopic (exact) mass is 276 g/mol. The SMILES string of the molecule is Cc1cccc(C)c1N(C(=O)C1CCCN1)C(C)CO. The van der Waals surface area contributed by atoms with Gasteiger partial charge in [-0.05, 0) is 51.3 Å². The molecular weight excluding hydrogens is 252 g/mol. The summed E-state index contributed by atoms with van der Waals surface area (Å²) in [5.41, 5.74) is 3.07. The van der Waals surface area contributed by atoms with Crippen molar-refractivity contribution < 1.29 is 9.90 Å². The van der Waals surface area contributed by atoms with Crippen molar-refractivity contribution in [2.24, 2.45) is 0 Å². The topological polar surface area (TPSA) is 52.6 Å². The molecule has 1 aliphatic heterocycles. The fourth-order valence-corrected chi connectivity index (χ4v) is 2.88. The Hall–Kier alpha value is -1.39. The van der Waals surface area contributed by atoms with E-state index in [1.165, 1.54) is 0 Å². The number of rotatable bonds is 4. The second kappa shape index (κ2) is 6.37. The first kappa shape index (κ1) is 15.0. The first-order valence-electron chi connectivity index (χ1n) is 7.29. The van der Waals surface area contributed by atoms with Crippen molar-refractivity contribution in [3.05, 3.63) is 29.3 Å². The van der Waals surface area contributed by atoms with Crippen LogP contribution in [-0.4, -0.2) is 36.2 Å². The molecule has 1 heterocycles. The molecule has 0 radical (unpaired) electrons. The lowest BCUT2D eigenvalue weighted by molar-refractivity contribution is -0.120. The lowest BCUT2D eigenvalue weighted by Gasteiger charge is -2.33. The number of aliphatic hydroxyl groups is 1. The highest BCUT2D eigenvalue weighted by atomic mass is 16.3. The van der Waals surface area contributed by atoms with Crippen molar-refractivity contribution in [2.45, 2.75) is 45.7 Å². The minimum absolute atomic E-state index is 0.0355. The van der Waals surface area contributed by atoms with Crippen LogP contribution in [0, 0.1) is 13.8 Å². The maximum absolute atomic E-state index is 12.8.